The number of hydrogen-bond acceptors (Lipinski definition) is 4. The van der Waals surface area contributed by atoms with Gasteiger partial charge >= 0.3 is 0 Å². The maximum Gasteiger partial charge on any atom is 0.129 e. The summed E-state index contributed by atoms with van der Waals surface area (Å²) in [4.78, 5) is 4.76. The highest BCUT2D eigenvalue weighted by molar-refractivity contribution is 6.05. The Balaban J connectivity index is 1.86. The number of rotatable bonds is 0. The molecule has 2 aromatic carbocycles. The molecule has 21 heavy (non-hydrogen) atoms. The van der Waals surface area contributed by atoms with Crippen LogP contribution in [-0.4, -0.2) is 27.4 Å². The minimum Gasteiger partial charge on any atom is -0.387 e. The molecule has 0 spiro atoms. The predicted octanol–water partition coefficient (Wildman–Crippen LogP) is 2.24. The fourth-order valence-corrected chi connectivity index (χ4v) is 3.37. The van der Waals surface area contributed by atoms with E-state index in [2.05, 4.69) is 12.1 Å². The van der Waals surface area contributed by atoms with Crippen LogP contribution in [0.4, 0.5) is 0 Å². The lowest BCUT2D eigenvalue weighted by Crippen LogP contribution is -2.29. The Labute approximate surface area is 120 Å². The molecule has 1 aliphatic heterocycles. The van der Waals surface area contributed by atoms with Gasteiger partial charge < -0.3 is 14.9 Å². The Morgan fingerprint density at radius 2 is 1.81 bits per heavy atom. The Kier molecular flexibility index (Phi) is 2.10. The molecule has 104 valence electrons. The molecule has 2 heterocycles. The SMILES string of the molecule is O[C@H]1[C@H]2O[C@H]2c2nc3c(ccc4ccccc43)cc2[C@@H]1O. The van der Waals surface area contributed by atoms with Gasteiger partial charge in [0.15, 0.2) is 0 Å². The molecule has 1 fully saturated rings. The first-order valence-corrected chi connectivity index (χ1v) is 7.08. The van der Waals surface area contributed by atoms with E-state index in [-0.39, 0.29) is 12.2 Å². The van der Waals surface area contributed by atoms with Crippen molar-refractivity contribution in [1.82, 2.24) is 4.98 Å². The molecule has 0 unspecified atom stereocenters. The van der Waals surface area contributed by atoms with Crippen molar-refractivity contribution in [2.75, 3.05) is 0 Å². The van der Waals surface area contributed by atoms with Crippen molar-refractivity contribution in [3.63, 3.8) is 0 Å². The molecule has 4 atom stereocenters. The summed E-state index contributed by atoms with van der Waals surface area (Å²) in [6.07, 6.45) is -2.27. The molecule has 0 saturated carbocycles. The molecule has 0 radical (unpaired) electrons. The lowest BCUT2D eigenvalue weighted by Gasteiger charge is -2.23. The summed E-state index contributed by atoms with van der Waals surface area (Å²) >= 11 is 0. The first-order valence-electron chi connectivity index (χ1n) is 7.08. The topological polar surface area (TPSA) is 65.9 Å². The average molecular weight is 279 g/mol. The smallest absolute Gasteiger partial charge is 0.129 e. The Bertz CT molecular complexity index is 892. The molecule has 2 N–H and O–H groups in total. The third-order valence-corrected chi connectivity index (χ3v) is 4.54. The quantitative estimate of drug-likeness (QED) is 0.489. The van der Waals surface area contributed by atoms with Gasteiger partial charge in [-0.15, -0.1) is 0 Å². The van der Waals surface area contributed by atoms with Crippen LogP contribution in [0.1, 0.15) is 23.5 Å². The second-order valence-corrected chi connectivity index (χ2v) is 5.78. The molecule has 5 rings (SSSR count). The number of fused-ring (bicyclic) bond motifs is 6. The highest BCUT2D eigenvalue weighted by Gasteiger charge is 2.54. The van der Waals surface area contributed by atoms with Gasteiger partial charge in [-0.1, -0.05) is 36.4 Å². The fraction of sp³-hybridized carbons (Fsp3) is 0.235. The standard InChI is InChI=1S/C17H13NO3/c19-14-11-7-9-6-5-8-3-1-2-4-10(8)12(9)18-13(11)16-17(21-16)15(14)20/h1-7,14-17,19-20H/t14-,15+,16-,17+/m0/s1. The fourth-order valence-electron chi connectivity index (χ4n) is 3.37. The van der Waals surface area contributed by atoms with Crippen molar-refractivity contribution in [3.8, 4) is 0 Å². The van der Waals surface area contributed by atoms with Crippen molar-refractivity contribution >= 4 is 21.7 Å². The highest BCUT2D eigenvalue weighted by Crippen LogP contribution is 2.50. The van der Waals surface area contributed by atoms with Crippen LogP contribution in [0.2, 0.25) is 0 Å². The second kappa shape index (κ2) is 3.80. The molecule has 3 aromatic rings. The summed E-state index contributed by atoms with van der Waals surface area (Å²) in [7, 11) is 0. The maximum atomic E-state index is 10.2. The highest BCUT2D eigenvalue weighted by atomic mass is 16.6. The summed E-state index contributed by atoms with van der Waals surface area (Å²) in [6.45, 7) is 0. The van der Waals surface area contributed by atoms with Gasteiger partial charge in [0.05, 0.1) is 11.2 Å². The van der Waals surface area contributed by atoms with Crippen LogP contribution in [0.25, 0.3) is 21.7 Å². The lowest BCUT2D eigenvalue weighted by molar-refractivity contribution is -0.000201. The zero-order valence-corrected chi connectivity index (χ0v) is 11.1. The van der Waals surface area contributed by atoms with E-state index >= 15 is 0 Å². The molecule has 1 saturated heterocycles. The first-order chi connectivity index (χ1) is 10.2. The number of aliphatic hydroxyl groups is 2. The Morgan fingerprint density at radius 1 is 1.00 bits per heavy atom. The van der Waals surface area contributed by atoms with E-state index in [9.17, 15) is 10.2 Å². The van der Waals surface area contributed by atoms with Crippen LogP contribution < -0.4 is 0 Å². The zero-order valence-electron chi connectivity index (χ0n) is 11.1. The second-order valence-electron chi connectivity index (χ2n) is 5.78. The number of hydrogen-bond donors (Lipinski definition) is 2. The van der Waals surface area contributed by atoms with Gasteiger partial charge in [0.2, 0.25) is 0 Å². The van der Waals surface area contributed by atoms with E-state index in [0.29, 0.717) is 5.56 Å². The van der Waals surface area contributed by atoms with E-state index in [0.717, 1.165) is 27.4 Å². The molecule has 4 heteroatoms. The molecule has 1 aromatic heterocycles. The van der Waals surface area contributed by atoms with Gasteiger partial charge in [-0.3, -0.25) is 0 Å². The number of aromatic nitrogens is 1. The lowest BCUT2D eigenvalue weighted by atomic mass is 9.89. The van der Waals surface area contributed by atoms with E-state index in [1.807, 2.05) is 30.3 Å². The molecular weight excluding hydrogens is 266 g/mol. The van der Waals surface area contributed by atoms with Gasteiger partial charge in [0.25, 0.3) is 0 Å². The van der Waals surface area contributed by atoms with Crippen molar-refractivity contribution in [1.29, 1.82) is 0 Å². The van der Waals surface area contributed by atoms with Crippen LogP contribution in [0.15, 0.2) is 42.5 Å². The number of pyridine rings is 1. The van der Waals surface area contributed by atoms with Crippen LogP contribution in [0.5, 0.6) is 0 Å². The summed E-state index contributed by atoms with van der Waals surface area (Å²) in [5, 5.41) is 23.4. The van der Waals surface area contributed by atoms with Crippen LogP contribution in [-0.2, 0) is 4.74 Å². The van der Waals surface area contributed by atoms with Gasteiger partial charge in [0.1, 0.15) is 24.4 Å². The molecule has 1 aliphatic carbocycles. The minimum absolute atomic E-state index is 0.179. The largest absolute Gasteiger partial charge is 0.387 e. The summed E-state index contributed by atoms with van der Waals surface area (Å²) < 4.78 is 5.48. The third kappa shape index (κ3) is 1.47. The summed E-state index contributed by atoms with van der Waals surface area (Å²) in [5.74, 6) is 0. The Morgan fingerprint density at radius 3 is 2.71 bits per heavy atom. The van der Waals surface area contributed by atoms with Crippen LogP contribution in [0, 0.1) is 0 Å². The number of aliphatic hydroxyl groups excluding tert-OH is 2. The molecule has 0 amide bonds. The molecule has 0 bridgehead atoms. The van der Waals surface area contributed by atoms with Crippen molar-refractivity contribution in [3.05, 3.63) is 53.7 Å². The third-order valence-electron chi connectivity index (χ3n) is 4.54. The molecular formula is C17H13NO3. The van der Waals surface area contributed by atoms with Gasteiger partial charge in [-0.2, -0.15) is 0 Å². The van der Waals surface area contributed by atoms with E-state index < -0.39 is 12.2 Å². The maximum absolute atomic E-state index is 10.2. The summed E-state index contributed by atoms with van der Waals surface area (Å²) in [5.41, 5.74) is 2.37. The number of epoxide rings is 1. The van der Waals surface area contributed by atoms with Crippen molar-refractivity contribution < 1.29 is 14.9 Å². The number of nitrogens with zero attached hydrogens (tertiary/aromatic N) is 1. The van der Waals surface area contributed by atoms with Crippen molar-refractivity contribution in [2.45, 2.75) is 24.4 Å². The first kappa shape index (κ1) is 11.6. The number of benzene rings is 2. The van der Waals surface area contributed by atoms with E-state index in [1.165, 1.54) is 0 Å². The molecule has 4 nitrogen and oxygen atoms in total. The Hall–Kier alpha value is -2.01. The predicted molar refractivity (Wildman–Crippen MR) is 77.8 cm³/mol. The normalized spacial score (nSPS) is 30.2. The monoisotopic (exact) mass is 279 g/mol. The van der Waals surface area contributed by atoms with E-state index in [1.54, 1.807) is 0 Å². The minimum atomic E-state index is -0.924. The summed E-state index contributed by atoms with van der Waals surface area (Å²) in [6, 6.07) is 14.1. The van der Waals surface area contributed by atoms with Crippen LogP contribution in [0.3, 0.4) is 0 Å². The molecule has 2 aliphatic rings. The van der Waals surface area contributed by atoms with E-state index in [4.69, 9.17) is 9.72 Å². The number of ether oxygens (including phenoxy) is 1. The van der Waals surface area contributed by atoms with Gasteiger partial charge in [-0.25, -0.2) is 4.98 Å². The average Bonchev–Trinajstić information content (AvgIpc) is 3.32. The van der Waals surface area contributed by atoms with Gasteiger partial charge in [-0.05, 0) is 11.5 Å². The zero-order chi connectivity index (χ0) is 14.1. The van der Waals surface area contributed by atoms with Crippen LogP contribution >= 0.6 is 0 Å². The van der Waals surface area contributed by atoms with Gasteiger partial charge in [0, 0.05) is 16.3 Å². The van der Waals surface area contributed by atoms with Crippen molar-refractivity contribution in [2.24, 2.45) is 0 Å².